The van der Waals surface area contributed by atoms with E-state index < -0.39 is 28.5 Å². The van der Waals surface area contributed by atoms with Gasteiger partial charge in [-0.15, -0.1) is 0 Å². The van der Waals surface area contributed by atoms with Gasteiger partial charge in [-0.05, 0) is 62.1 Å². The highest BCUT2D eigenvalue weighted by molar-refractivity contribution is 7.92. The molecule has 2 amide bonds. The summed E-state index contributed by atoms with van der Waals surface area (Å²) in [6.07, 6.45) is 5.25. The number of carbonyl (C=O) groups is 2. The first-order valence-electron chi connectivity index (χ1n) is 17.1. The highest BCUT2D eigenvalue weighted by atomic mass is 32.2. The minimum atomic E-state index is -4.26. The molecule has 264 valence electrons. The summed E-state index contributed by atoms with van der Waals surface area (Å²) < 4.78 is 40.9. The summed E-state index contributed by atoms with van der Waals surface area (Å²) in [6.45, 7) is 3.40. The zero-order valence-corrected chi connectivity index (χ0v) is 30.1. The number of ether oxygens (including phenoxy) is 2. The number of sulfonamides is 1. The second-order valence-electron chi connectivity index (χ2n) is 12.9. The molecule has 1 N–H and O–H groups in total. The molecular weight excluding hydrogens is 651 g/mol. The zero-order valence-electron chi connectivity index (χ0n) is 29.3. The smallest absolute Gasteiger partial charge is 0.264 e. The monoisotopic (exact) mass is 697 g/mol. The number of nitrogens with one attached hydrogen (secondary N) is 1. The van der Waals surface area contributed by atoms with Crippen LogP contribution < -0.4 is 19.1 Å². The molecule has 1 aliphatic rings. The van der Waals surface area contributed by atoms with Crippen LogP contribution in [0.2, 0.25) is 0 Å². The fourth-order valence-electron chi connectivity index (χ4n) is 6.45. The van der Waals surface area contributed by atoms with Crippen LogP contribution in [0.25, 0.3) is 0 Å². The number of nitrogens with zero attached hydrogens (tertiary/aromatic N) is 2. The van der Waals surface area contributed by atoms with Gasteiger partial charge >= 0.3 is 0 Å². The van der Waals surface area contributed by atoms with Crippen LogP contribution >= 0.6 is 0 Å². The molecule has 0 unspecified atom stereocenters. The first-order chi connectivity index (χ1) is 24.1. The number of carbonyl (C=O) groups excluding carboxylic acids is 2. The number of methoxy groups -OCH3 is 2. The van der Waals surface area contributed by atoms with Crippen LogP contribution in [0.15, 0.2) is 102 Å². The summed E-state index contributed by atoms with van der Waals surface area (Å²) in [6, 6.07) is 27.7. The number of rotatable bonds is 14. The molecule has 0 radical (unpaired) electrons. The van der Waals surface area contributed by atoms with Crippen molar-refractivity contribution < 1.29 is 27.5 Å². The molecule has 10 heteroatoms. The Labute approximate surface area is 296 Å². The van der Waals surface area contributed by atoms with Gasteiger partial charge in [0, 0.05) is 25.1 Å². The van der Waals surface area contributed by atoms with Crippen molar-refractivity contribution in [1.82, 2.24) is 10.2 Å². The minimum Gasteiger partial charge on any atom is -0.493 e. The second kappa shape index (κ2) is 16.7. The molecular formula is C40H47N3O6S. The van der Waals surface area contributed by atoms with E-state index in [1.807, 2.05) is 68.4 Å². The molecule has 50 heavy (non-hydrogen) atoms. The van der Waals surface area contributed by atoms with E-state index in [2.05, 4.69) is 5.32 Å². The van der Waals surface area contributed by atoms with Crippen molar-refractivity contribution in [3.63, 3.8) is 0 Å². The summed E-state index contributed by atoms with van der Waals surface area (Å²) in [5.41, 5.74) is 3.85. The fraction of sp³-hybridized carbons (Fsp3) is 0.350. The van der Waals surface area contributed by atoms with Crippen LogP contribution in [-0.2, 0) is 32.6 Å². The Hall–Kier alpha value is -4.83. The second-order valence-corrected chi connectivity index (χ2v) is 14.8. The van der Waals surface area contributed by atoms with Gasteiger partial charge in [0.25, 0.3) is 10.0 Å². The number of benzene rings is 4. The Morgan fingerprint density at radius 1 is 0.780 bits per heavy atom. The van der Waals surface area contributed by atoms with Crippen molar-refractivity contribution in [2.45, 2.75) is 75.9 Å². The number of amides is 2. The lowest BCUT2D eigenvalue weighted by atomic mass is 9.94. The molecule has 0 bridgehead atoms. The standard InChI is InChI=1S/C40H47N3O6S/c1-29-18-21-35(22-19-29)50(46,47)43(34-20-23-37(48-3)38(26-34)49-4)28-39(44)42(27-32-15-11-12-30(2)24-32)36(25-31-13-7-5-8-14-31)40(45)41-33-16-9-6-10-17-33/h5,7-8,11-15,18-24,26,33,36H,6,9-10,16-17,25,27-28H2,1-4H3,(H,41,45)/t36-/m1/s1. The van der Waals surface area contributed by atoms with E-state index in [0.29, 0.717) is 11.5 Å². The van der Waals surface area contributed by atoms with Gasteiger partial charge in [0.2, 0.25) is 11.8 Å². The van der Waals surface area contributed by atoms with Gasteiger partial charge in [-0.3, -0.25) is 13.9 Å². The molecule has 0 saturated heterocycles. The van der Waals surface area contributed by atoms with Gasteiger partial charge in [-0.1, -0.05) is 97.1 Å². The van der Waals surface area contributed by atoms with Gasteiger partial charge in [0.15, 0.2) is 11.5 Å². The van der Waals surface area contributed by atoms with Gasteiger partial charge in [-0.25, -0.2) is 8.42 Å². The molecule has 1 fully saturated rings. The van der Waals surface area contributed by atoms with E-state index in [-0.39, 0.29) is 35.5 Å². The number of anilines is 1. The third-order valence-electron chi connectivity index (χ3n) is 9.20. The summed E-state index contributed by atoms with van der Waals surface area (Å²) >= 11 is 0. The summed E-state index contributed by atoms with van der Waals surface area (Å²) in [4.78, 5) is 30.7. The van der Waals surface area contributed by atoms with Crippen LogP contribution in [0.1, 0.15) is 54.4 Å². The van der Waals surface area contributed by atoms with Crippen LogP contribution in [0.4, 0.5) is 5.69 Å². The quantitative estimate of drug-likeness (QED) is 0.159. The van der Waals surface area contributed by atoms with E-state index in [9.17, 15) is 18.0 Å². The Morgan fingerprint density at radius 3 is 2.12 bits per heavy atom. The molecule has 5 rings (SSSR count). The molecule has 0 aliphatic heterocycles. The van der Waals surface area contributed by atoms with Crippen molar-refractivity contribution in [2.75, 3.05) is 25.1 Å². The largest absolute Gasteiger partial charge is 0.493 e. The minimum absolute atomic E-state index is 0.0237. The normalized spacial score (nSPS) is 14.0. The van der Waals surface area contributed by atoms with Crippen molar-refractivity contribution in [3.8, 4) is 11.5 Å². The lowest BCUT2D eigenvalue weighted by Gasteiger charge is -2.35. The summed E-state index contributed by atoms with van der Waals surface area (Å²) in [5.74, 6) is -0.0388. The maximum Gasteiger partial charge on any atom is 0.264 e. The molecule has 1 atom stereocenters. The van der Waals surface area contributed by atoms with Crippen LogP contribution in [-0.4, -0.2) is 58.0 Å². The first kappa shape index (κ1) is 36.5. The molecule has 4 aromatic carbocycles. The number of hydrogen-bond donors (Lipinski definition) is 1. The molecule has 0 heterocycles. The molecule has 1 aliphatic carbocycles. The summed E-state index contributed by atoms with van der Waals surface area (Å²) in [5, 5.41) is 3.25. The van der Waals surface area contributed by atoms with Crippen molar-refractivity contribution >= 4 is 27.5 Å². The zero-order chi connectivity index (χ0) is 35.7. The maximum absolute atomic E-state index is 14.8. The predicted molar refractivity (Wildman–Crippen MR) is 196 cm³/mol. The first-order valence-corrected chi connectivity index (χ1v) is 18.5. The average Bonchev–Trinajstić information content (AvgIpc) is 3.12. The fourth-order valence-corrected chi connectivity index (χ4v) is 7.86. The van der Waals surface area contributed by atoms with Crippen LogP contribution in [0.3, 0.4) is 0 Å². The third kappa shape index (κ3) is 9.04. The summed E-state index contributed by atoms with van der Waals surface area (Å²) in [7, 11) is -1.30. The highest BCUT2D eigenvalue weighted by Crippen LogP contribution is 2.34. The molecule has 1 saturated carbocycles. The Morgan fingerprint density at radius 2 is 1.46 bits per heavy atom. The molecule has 9 nitrogen and oxygen atoms in total. The molecule has 4 aromatic rings. The van der Waals surface area contributed by atoms with Crippen LogP contribution in [0, 0.1) is 13.8 Å². The van der Waals surface area contributed by atoms with E-state index in [1.54, 1.807) is 35.2 Å². The Bertz CT molecular complexity index is 1860. The number of aryl methyl sites for hydroxylation is 2. The molecule has 0 spiro atoms. The van der Waals surface area contributed by atoms with Crippen molar-refractivity contribution in [1.29, 1.82) is 0 Å². The highest BCUT2D eigenvalue weighted by Gasteiger charge is 2.35. The van der Waals surface area contributed by atoms with Crippen molar-refractivity contribution in [2.24, 2.45) is 0 Å². The Balaban J connectivity index is 1.59. The molecule has 0 aromatic heterocycles. The van der Waals surface area contributed by atoms with Crippen molar-refractivity contribution in [3.05, 3.63) is 119 Å². The van der Waals surface area contributed by atoms with Gasteiger partial charge in [-0.2, -0.15) is 0 Å². The van der Waals surface area contributed by atoms with E-state index in [0.717, 1.165) is 58.7 Å². The maximum atomic E-state index is 14.8. The van der Waals surface area contributed by atoms with Gasteiger partial charge < -0.3 is 19.7 Å². The topological polar surface area (TPSA) is 105 Å². The van der Waals surface area contributed by atoms with Gasteiger partial charge in [0.05, 0.1) is 24.8 Å². The number of hydrogen-bond acceptors (Lipinski definition) is 6. The van der Waals surface area contributed by atoms with E-state index in [1.165, 1.54) is 26.4 Å². The predicted octanol–water partition coefficient (Wildman–Crippen LogP) is 6.60. The van der Waals surface area contributed by atoms with Crippen LogP contribution in [0.5, 0.6) is 11.5 Å². The third-order valence-corrected chi connectivity index (χ3v) is 11.0. The Kier molecular flexibility index (Phi) is 12.2. The average molecular weight is 698 g/mol. The van der Waals surface area contributed by atoms with E-state index >= 15 is 0 Å². The SMILES string of the molecule is COc1ccc(N(CC(=O)N(Cc2cccc(C)c2)[C@H](Cc2ccccc2)C(=O)NC2CCCCC2)S(=O)(=O)c2ccc(C)cc2)cc1OC. The lowest BCUT2D eigenvalue weighted by molar-refractivity contribution is -0.140. The van der Waals surface area contributed by atoms with E-state index in [4.69, 9.17) is 9.47 Å². The lowest BCUT2D eigenvalue weighted by Crippen LogP contribution is -2.55. The van der Waals surface area contributed by atoms with Gasteiger partial charge in [0.1, 0.15) is 12.6 Å².